The maximum Gasteiger partial charge on any atom is 0.312 e. The maximum atomic E-state index is 13.1. The molecule has 0 amide bonds. The van der Waals surface area contributed by atoms with E-state index >= 15 is 0 Å². The summed E-state index contributed by atoms with van der Waals surface area (Å²) in [6.07, 6.45) is -0.0707. The Balaban J connectivity index is 1.72. The third-order valence-corrected chi connectivity index (χ3v) is 6.07. The number of carbonyl (C=O) groups excluding carboxylic acids is 1. The number of ether oxygens (including phenoxy) is 2. The topological polar surface area (TPSA) is 147 Å². The highest BCUT2D eigenvalue weighted by molar-refractivity contribution is 5.94. The van der Waals surface area contributed by atoms with Gasteiger partial charge < -0.3 is 34.3 Å². The molecule has 0 saturated heterocycles. The number of aromatic hydroxyl groups is 4. The lowest BCUT2D eigenvalue weighted by atomic mass is 9.85. The summed E-state index contributed by atoms with van der Waals surface area (Å²) in [4.78, 5) is 25.6. The Bertz CT molecular complexity index is 1630. The van der Waals surface area contributed by atoms with Gasteiger partial charge in [-0.1, -0.05) is 18.7 Å². The van der Waals surface area contributed by atoms with Crippen molar-refractivity contribution in [2.24, 2.45) is 0 Å². The Morgan fingerprint density at radius 1 is 1.00 bits per heavy atom. The van der Waals surface area contributed by atoms with Crippen LogP contribution in [0.2, 0.25) is 0 Å². The standard InChI is InChI=1S/C28H22O9/c1-13(2)12-35-16-6-3-14(4-7-16)17-10-22(32)36-21-11-20(31)24-25(33)26(34)27(37-28(24)23(17)21)15-5-8-18(29)19(30)9-15/h3-9,11,17,29-31,34H,1,10,12H2,2H3. The van der Waals surface area contributed by atoms with Gasteiger partial charge in [-0.05, 0) is 48.4 Å². The number of phenols is 3. The highest BCUT2D eigenvalue weighted by Crippen LogP contribution is 2.47. The summed E-state index contributed by atoms with van der Waals surface area (Å²) in [7, 11) is 0. The Kier molecular flexibility index (Phi) is 5.75. The van der Waals surface area contributed by atoms with Crippen LogP contribution in [-0.4, -0.2) is 33.0 Å². The highest BCUT2D eigenvalue weighted by atomic mass is 16.5. The Hall–Kier alpha value is -4.92. The quantitative estimate of drug-likeness (QED) is 0.132. The van der Waals surface area contributed by atoms with Crippen LogP contribution in [-0.2, 0) is 4.79 Å². The van der Waals surface area contributed by atoms with Crippen molar-refractivity contribution in [3.63, 3.8) is 0 Å². The Morgan fingerprint density at radius 3 is 2.41 bits per heavy atom. The zero-order chi connectivity index (χ0) is 26.4. The van der Waals surface area contributed by atoms with E-state index in [4.69, 9.17) is 13.9 Å². The van der Waals surface area contributed by atoms with Crippen molar-refractivity contribution in [2.75, 3.05) is 6.61 Å². The number of rotatable bonds is 5. The fourth-order valence-corrected chi connectivity index (χ4v) is 4.33. The van der Waals surface area contributed by atoms with Crippen molar-refractivity contribution in [1.82, 2.24) is 0 Å². The zero-order valence-electron chi connectivity index (χ0n) is 19.6. The van der Waals surface area contributed by atoms with Crippen molar-refractivity contribution in [1.29, 1.82) is 0 Å². The van der Waals surface area contributed by atoms with E-state index < -0.39 is 40.3 Å². The van der Waals surface area contributed by atoms with Crippen LogP contribution >= 0.6 is 0 Å². The first kappa shape index (κ1) is 23.8. The molecule has 3 aromatic carbocycles. The molecule has 1 atom stereocenters. The summed E-state index contributed by atoms with van der Waals surface area (Å²) >= 11 is 0. The molecule has 0 spiro atoms. The number of esters is 1. The van der Waals surface area contributed by atoms with Crippen LogP contribution in [0.25, 0.3) is 22.3 Å². The molecule has 9 heteroatoms. The zero-order valence-corrected chi connectivity index (χ0v) is 19.6. The van der Waals surface area contributed by atoms with Crippen molar-refractivity contribution < 1.29 is 39.1 Å². The summed E-state index contributed by atoms with van der Waals surface area (Å²) in [5.74, 6) is -3.03. The summed E-state index contributed by atoms with van der Waals surface area (Å²) in [6, 6.07) is 11.8. The lowest BCUT2D eigenvalue weighted by Crippen LogP contribution is -2.22. The first-order valence-corrected chi connectivity index (χ1v) is 11.3. The van der Waals surface area contributed by atoms with Gasteiger partial charge in [0, 0.05) is 23.1 Å². The lowest BCUT2D eigenvalue weighted by Gasteiger charge is -2.26. The Labute approximate surface area is 210 Å². The lowest BCUT2D eigenvalue weighted by molar-refractivity contribution is -0.135. The second-order valence-electron chi connectivity index (χ2n) is 8.87. The molecule has 188 valence electrons. The molecule has 9 nitrogen and oxygen atoms in total. The van der Waals surface area contributed by atoms with Gasteiger partial charge >= 0.3 is 5.97 Å². The largest absolute Gasteiger partial charge is 0.507 e. The van der Waals surface area contributed by atoms with Gasteiger partial charge in [-0.2, -0.15) is 0 Å². The van der Waals surface area contributed by atoms with Crippen LogP contribution in [0.15, 0.2) is 69.9 Å². The van der Waals surface area contributed by atoms with E-state index in [1.54, 1.807) is 24.3 Å². The molecule has 4 aromatic rings. The Morgan fingerprint density at radius 2 is 1.73 bits per heavy atom. The van der Waals surface area contributed by atoms with Gasteiger partial charge in [0.1, 0.15) is 34.8 Å². The maximum absolute atomic E-state index is 13.1. The SMILES string of the molecule is C=C(C)COc1ccc(C2CC(=O)Oc3cc(O)c4c(=O)c(O)c(-c5ccc(O)c(O)c5)oc4c32)cc1. The van der Waals surface area contributed by atoms with E-state index in [0.717, 1.165) is 17.7 Å². The predicted octanol–water partition coefficient (Wildman–Crippen LogP) is 4.68. The molecule has 1 aliphatic rings. The van der Waals surface area contributed by atoms with Gasteiger partial charge in [-0.15, -0.1) is 0 Å². The van der Waals surface area contributed by atoms with Crippen LogP contribution in [0, 0.1) is 0 Å². The van der Waals surface area contributed by atoms with E-state index in [0.29, 0.717) is 23.5 Å². The molecule has 0 bridgehead atoms. The van der Waals surface area contributed by atoms with Crippen LogP contribution in [0.1, 0.15) is 30.4 Å². The number of carbonyl (C=O) groups is 1. The van der Waals surface area contributed by atoms with Gasteiger partial charge in [0.2, 0.25) is 11.2 Å². The van der Waals surface area contributed by atoms with Crippen molar-refractivity contribution in [3.05, 3.63) is 82.0 Å². The average molecular weight is 502 g/mol. The summed E-state index contributed by atoms with van der Waals surface area (Å²) in [6.45, 7) is 6.00. The van der Waals surface area contributed by atoms with Gasteiger partial charge in [0.05, 0.1) is 6.42 Å². The fraction of sp³-hybridized carbons (Fsp3) is 0.143. The second-order valence-corrected chi connectivity index (χ2v) is 8.87. The molecule has 0 aliphatic carbocycles. The molecule has 0 saturated carbocycles. The number of hydrogen-bond acceptors (Lipinski definition) is 9. The van der Waals surface area contributed by atoms with Gasteiger partial charge in [0.25, 0.3) is 0 Å². The highest BCUT2D eigenvalue weighted by Gasteiger charge is 2.34. The number of fused-ring (bicyclic) bond motifs is 3. The van der Waals surface area contributed by atoms with E-state index in [9.17, 15) is 30.0 Å². The number of hydrogen-bond donors (Lipinski definition) is 4. The van der Waals surface area contributed by atoms with E-state index in [1.165, 1.54) is 12.1 Å². The first-order valence-electron chi connectivity index (χ1n) is 11.3. The molecule has 0 fully saturated rings. The average Bonchev–Trinajstić information content (AvgIpc) is 2.86. The third kappa shape index (κ3) is 4.20. The molecular formula is C28H22O9. The summed E-state index contributed by atoms with van der Waals surface area (Å²) < 4.78 is 17.0. The molecule has 37 heavy (non-hydrogen) atoms. The van der Waals surface area contributed by atoms with Crippen LogP contribution in [0.3, 0.4) is 0 Å². The van der Waals surface area contributed by atoms with E-state index in [2.05, 4.69) is 6.58 Å². The summed E-state index contributed by atoms with van der Waals surface area (Å²) in [5.41, 5.74) is 1.00. The molecule has 1 aromatic heterocycles. The second kappa shape index (κ2) is 8.94. The minimum atomic E-state index is -0.914. The molecular weight excluding hydrogens is 480 g/mol. The van der Waals surface area contributed by atoms with Crippen molar-refractivity contribution >= 4 is 16.9 Å². The normalized spacial score (nSPS) is 14.7. The minimum absolute atomic E-state index is 0.0159. The van der Waals surface area contributed by atoms with E-state index in [1.807, 2.05) is 6.92 Å². The monoisotopic (exact) mass is 502 g/mol. The molecule has 0 radical (unpaired) electrons. The molecule has 1 unspecified atom stereocenters. The fourth-order valence-electron chi connectivity index (χ4n) is 4.33. The molecule has 1 aliphatic heterocycles. The first-order chi connectivity index (χ1) is 17.6. The predicted molar refractivity (Wildman–Crippen MR) is 133 cm³/mol. The van der Waals surface area contributed by atoms with E-state index in [-0.39, 0.29) is 34.5 Å². The molecule has 2 heterocycles. The van der Waals surface area contributed by atoms with Gasteiger partial charge in [0.15, 0.2) is 17.3 Å². The molecule has 4 N–H and O–H groups in total. The van der Waals surface area contributed by atoms with Gasteiger partial charge in [-0.25, -0.2) is 0 Å². The summed E-state index contributed by atoms with van der Waals surface area (Å²) in [5, 5.41) is 40.5. The smallest absolute Gasteiger partial charge is 0.312 e. The molecule has 5 rings (SSSR count). The van der Waals surface area contributed by atoms with Crippen LogP contribution in [0.5, 0.6) is 34.5 Å². The number of benzene rings is 3. The third-order valence-electron chi connectivity index (χ3n) is 6.07. The number of phenolic OH excluding ortho intramolecular Hbond substituents is 3. The van der Waals surface area contributed by atoms with Crippen molar-refractivity contribution in [2.45, 2.75) is 19.3 Å². The van der Waals surface area contributed by atoms with Crippen LogP contribution < -0.4 is 14.9 Å². The minimum Gasteiger partial charge on any atom is -0.507 e. The van der Waals surface area contributed by atoms with Crippen molar-refractivity contribution in [3.8, 4) is 45.8 Å². The van der Waals surface area contributed by atoms with Gasteiger partial charge in [-0.3, -0.25) is 9.59 Å². The van der Waals surface area contributed by atoms with Crippen LogP contribution in [0.4, 0.5) is 0 Å².